The molecule has 1 nitrogen and oxygen atoms in total. The van der Waals surface area contributed by atoms with Crippen molar-refractivity contribution < 1.29 is 4.39 Å². The molecule has 0 radical (unpaired) electrons. The Kier molecular flexibility index (Phi) is 5.91. The van der Waals surface area contributed by atoms with E-state index in [2.05, 4.69) is 18.2 Å². The molecule has 0 atom stereocenters. The molecule has 2 rings (SSSR count). The molecule has 22 heavy (non-hydrogen) atoms. The summed E-state index contributed by atoms with van der Waals surface area (Å²) in [5.74, 6) is -0.0622. The van der Waals surface area contributed by atoms with Gasteiger partial charge < -0.3 is 0 Å². The van der Waals surface area contributed by atoms with Gasteiger partial charge in [0.2, 0.25) is 0 Å². The Hall–Kier alpha value is -2.40. The molecular formula is C20H20FN. The zero-order valence-corrected chi connectivity index (χ0v) is 12.8. The second kappa shape index (κ2) is 8.14. The molecule has 0 aliphatic rings. The molecule has 0 aliphatic carbocycles. The van der Waals surface area contributed by atoms with E-state index in [0.29, 0.717) is 12.0 Å². The van der Waals surface area contributed by atoms with Gasteiger partial charge >= 0.3 is 0 Å². The van der Waals surface area contributed by atoms with Crippen LogP contribution in [0.5, 0.6) is 0 Å². The Morgan fingerprint density at radius 1 is 1.00 bits per heavy atom. The summed E-state index contributed by atoms with van der Waals surface area (Å²) >= 11 is 0. The molecule has 2 aromatic carbocycles. The van der Waals surface area contributed by atoms with Crippen LogP contribution in [-0.2, 0) is 12.8 Å². The van der Waals surface area contributed by atoms with E-state index >= 15 is 0 Å². The average Bonchev–Trinajstić information content (AvgIpc) is 2.55. The first kappa shape index (κ1) is 16.0. The summed E-state index contributed by atoms with van der Waals surface area (Å²) in [6.45, 7) is 1.97. The molecule has 0 heterocycles. The van der Waals surface area contributed by atoms with Crippen LogP contribution >= 0.6 is 0 Å². The first-order chi connectivity index (χ1) is 10.7. The number of aryl methyl sites for hydroxylation is 2. The van der Waals surface area contributed by atoms with Crippen molar-refractivity contribution in [2.24, 2.45) is 0 Å². The molecule has 0 saturated carbocycles. The smallest absolute Gasteiger partial charge is 0.100 e. The standard InChI is InChI=1S/C20H20FN/c1-2-3-20(21)14-18-10-6-16(7-11-18)4-5-17-8-12-19(15-22)13-9-17/h6-14H,2-5H2,1H3/b20-14+. The molecule has 0 fully saturated rings. The van der Waals surface area contributed by atoms with Crippen molar-refractivity contribution in [1.29, 1.82) is 5.26 Å². The third-order valence-corrected chi connectivity index (χ3v) is 3.58. The second-order valence-electron chi connectivity index (χ2n) is 5.39. The van der Waals surface area contributed by atoms with Crippen LogP contribution in [-0.4, -0.2) is 0 Å². The van der Waals surface area contributed by atoms with Gasteiger partial charge in [0.1, 0.15) is 5.83 Å². The van der Waals surface area contributed by atoms with Gasteiger partial charge in [-0.15, -0.1) is 0 Å². The Labute approximate surface area is 131 Å². The fourth-order valence-electron chi connectivity index (χ4n) is 2.31. The van der Waals surface area contributed by atoms with Crippen LogP contribution in [0.25, 0.3) is 6.08 Å². The van der Waals surface area contributed by atoms with Gasteiger partial charge in [0.05, 0.1) is 11.6 Å². The van der Waals surface area contributed by atoms with Crippen LogP contribution in [0.3, 0.4) is 0 Å². The summed E-state index contributed by atoms with van der Waals surface area (Å²) in [7, 11) is 0. The largest absolute Gasteiger partial charge is 0.212 e. The average molecular weight is 293 g/mol. The zero-order valence-electron chi connectivity index (χ0n) is 12.8. The Balaban J connectivity index is 1.93. The molecule has 2 aromatic rings. The van der Waals surface area contributed by atoms with Gasteiger partial charge in [0.25, 0.3) is 0 Å². The summed E-state index contributed by atoms with van der Waals surface area (Å²) < 4.78 is 13.5. The van der Waals surface area contributed by atoms with E-state index in [9.17, 15) is 4.39 Å². The van der Waals surface area contributed by atoms with E-state index < -0.39 is 0 Å². The first-order valence-corrected chi connectivity index (χ1v) is 7.65. The molecule has 0 unspecified atom stereocenters. The summed E-state index contributed by atoms with van der Waals surface area (Å²) in [6.07, 6.45) is 4.80. The highest BCUT2D eigenvalue weighted by Crippen LogP contribution is 2.15. The van der Waals surface area contributed by atoms with Crippen LogP contribution in [0.4, 0.5) is 4.39 Å². The van der Waals surface area contributed by atoms with Crippen molar-refractivity contribution in [3.8, 4) is 6.07 Å². The molecule has 0 spiro atoms. The van der Waals surface area contributed by atoms with Gasteiger partial charge in [-0.25, -0.2) is 4.39 Å². The summed E-state index contributed by atoms with van der Waals surface area (Å²) in [5, 5.41) is 8.78. The zero-order chi connectivity index (χ0) is 15.8. The minimum Gasteiger partial charge on any atom is -0.212 e. The topological polar surface area (TPSA) is 23.8 Å². The molecule has 2 heteroatoms. The lowest BCUT2D eigenvalue weighted by atomic mass is 10.0. The second-order valence-corrected chi connectivity index (χ2v) is 5.39. The highest BCUT2D eigenvalue weighted by Gasteiger charge is 1.98. The number of allylic oxidation sites excluding steroid dienone is 1. The van der Waals surface area contributed by atoms with Gasteiger partial charge in [-0.3, -0.25) is 0 Å². The molecule has 0 aromatic heterocycles. The normalized spacial score (nSPS) is 11.2. The number of halogens is 1. The molecule has 0 N–H and O–H groups in total. The quantitative estimate of drug-likeness (QED) is 0.694. The van der Waals surface area contributed by atoms with Crippen molar-refractivity contribution in [2.45, 2.75) is 32.6 Å². The molecule has 0 bridgehead atoms. The molecule has 0 saturated heterocycles. The maximum absolute atomic E-state index is 13.5. The van der Waals surface area contributed by atoms with Crippen LogP contribution in [0, 0.1) is 11.3 Å². The summed E-state index contributed by atoms with van der Waals surface area (Å²) in [5.41, 5.74) is 4.05. The van der Waals surface area contributed by atoms with E-state index in [1.165, 1.54) is 11.1 Å². The molecule has 0 aliphatic heterocycles. The Morgan fingerprint density at radius 2 is 1.55 bits per heavy atom. The highest BCUT2D eigenvalue weighted by atomic mass is 19.1. The van der Waals surface area contributed by atoms with Crippen molar-refractivity contribution in [2.75, 3.05) is 0 Å². The molecule has 0 amide bonds. The third-order valence-electron chi connectivity index (χ3n) is 3.58. The van der Waals surface area contributed by atoms with Gasteiger partial charge in [-0.1, -0.05) is 43.3 Å². The van der Waals surface area contributed by atoms with Crippen LogP contribution in [0.15, 0.2) is 54.4 Å². The number of benzene rings is 2. The maximum Gasteiger partial charge on any atom is 0.100 e. The van der Waals surface area contributed by atoms with Crippen molar-refractivity contribution in [3.05, 3.63) is 76.6 Å². The van der Waals surface area contributed by atoms with Crippen molar-refractivity contribution >= 4 is 6.08 Å². The lowest BCUT2D eigenvalue weighted by molar-refractivity contribution is 0.591. The van der Waals surface area contributed by atoms with E-state index in [1.54, 1.807) is 6.08 Å². The van der Waals surface area contributed by atoms with E-state index in [-0.39, 0.29) is 5.83 Å². The van der Waals surface area contributed by atoms with Crippen LogP contribution in [0.1, 0.15) is 42.0 Å². The number of rotatable bonds is 6. The third kappa shape index (κ3) is 4.86. The van der Waals surface area contributed by atoms with E-state index in [0.717, 1.165) is 24.8 Å². The maximum atomic E-state index is 13.5. The monoisotopic (exact) mass is 293 g/mol. The van der Waals surface area contributed by atoms with Crippen LogP contribution < -0.4 is 0 Å². The number of nitrogens with zero attached hydrogens (tertiary/aromatic N) is 1. The predicted molar refractivity (Wildman–Crippen MR) is 89.0 cm³/mol. The van der Waals surface area contributed by atoms with Crippen molar-refractivity contribution in [1.82, 2.24) is 0 Å². The first-order valence-electron chi connectivity index (χ1n) is 7.65. The highest BCUT2D eigenvalue weighted by molar-refractivity contribution is 5.51. The lowest BCUT2D eigenvalue weighted by Crippen LogP contribution is -1.91. The Morgan fingerprint density at radius 3 is 2.05 bits per heavy atom. The van der Waals surface area contributed by atoms with E-state index in [1.807, 2.05) is 43.3 Å². The van der Waals surface area contributed by atoms with Crippen LogP contribution in [0.2, 0.25) is 0 Å². The van der Waals surface area contributed by atoms with Crippen molar-refractivity contribution in [3.63, 3.8) is 0 Å². The minimum absolute atomic E-state index is 0.0622. The minimum atomic E-state index is -0.0622. The number of hydrogen-bond donors (Lipinski definition) is 0. The summed E-state index contributed by atoms with van der Waals surface area (Å²) in [6, 6.07) is 17.8. The number of nitriles is 1. The van der Waals surface area contributed by atoms with Gasteiger partial charge in [-0.05, 0) is 60.6 Å². The fraction of sp³-hybridized carbons (Fsp3) is 0.250. The molecular weight excluding hydrogens is 273 g/mol. The summed E-state index contributed by atoms with van der Waals surface area (Å²) in [4.78, 5) is 0. The lowest BCUT2D eigenvalue weighted by Gasteiger charge is -2.03. The van der Waals surface area contributed by atoms with Gasteiger partial charge in [0, 0.05) is 0 Å². The van der Waals surface area contributed by atoms with Gasteiger partial charge in [-0.2, -0.15) is 5.26 Å². The Bertz CT molecular complexity index is 660. The van der Waals surface area contributed by atoms with Gasteiger partial charge in [0.15, 0.2) is 0 Å². The SMILES string of the molecule is CCC/C(F)=C\c1ccc(CCc2ccc(C#N)cc2)cc1. The van der Waals surface area contributed by atoms with E-state index in [4.69, 9.17) is 5.26 Å². The predicted octanol–water partition coefficient (Wildman–Crippen LogP) is 5.45. The molecule has 112 valence electrons. The number of hydrogen-bond acceptors (Lipinski definition) is 1. The fourth-order valence-corrected chi connectivity index (χ4v) is 2.31.